The van der Waals surface area contributed by atoms with Crippen LogP contribution in [0.4, 0.5) is 4.79 Å². The van der Waals surface area contributed by atoms with Crippen molar-refractivity contribution in [1.82, 2.24) is 42.5 Å². The van der Waals surface area contributed by atoms with Crippen LogP contribution in [0.15, 0.2) is 0 Å². The lowest BCUT2D eigenvalue weighted by Crippen LogP contribution is -2.69. The van der Waals surface area contributed by atoms with Crippen LogP contribution in [0.3, 0.4) is 0 Å². The monoisotopic (exact) mass is 951 g/mol. The molecule has 18 nitrogen and oxygen atoms in total. The van der Waals surface area contributed by atoms with E-state index in [9.17, 15) is 38.4 Å². The lowest BCUT2D eigenvalue weighted by atomic mass is 9.86. The summed E-state index contributed by atoms with van der Waals surface area (Å²) in [4.78, 5) is 109. The summed E-state index contributed by atoms with van der Waals surface area (Å²) in [5, 5.41) is 23.5. The molecule has 1 aliphatic rings. The Kier molecular flexibility index (Phi) is 24.8. The molecule has 67 heavy (non-hydrogen) atoms. The van der Waals surface area contributed by atoms with Crippen molar-refractivity contribution in [3.63, 3.8) is 0 Å². The topological polar surface area (TPSA) is 251 Å². The molecule has 7 amide bonds. The molecule has 7 atom stereocenters. The molecule has 0 aliphatic heterocycles. The van der Waals surface area contributed by atoms with Gasteiger partial charge in [-0.25, -0.2) is 9.59 Å². The van der Waals surface area contributed by atoms with Crippen molar-refractivity contribution in [1.29, 1.82) is 0 Å². The van der Waals surface area contributed by atoms with E-state index in [1.54, 1.807) is 76.2 Å². The second kappa shape index (κ2) is 27.5. The molecular formula is C49H90N8O10. The fourth-order valence-corrected chi connectivity index (χ4v) is 7.95. The number of esters is 1. The molecule has 1 aliphatic carbocycles. The maximum atomic E-state index is 14.4. The summed E-state index contributed by atoms with van der Waals surface area (Å²) >= 11 is 0. The summed E-state index contributed by atoms with van der Waals surface area (Å²) in [5.41, 5.74) is -1.84. The summed E-state index contributed by atoms with van der Waals surface area (Å²) in [6.45, 7) is 30.8. The highest BCUT2D eigenvalue weighted by molar-refractivity contribution is 5.96. The molecule has 386 valence electrons. The molecular weight excluding hydrogens is 861 g/mol. The van der Waals surface area contributed by atoms with Gasteiger partial charge in [0.05, 0.1) is 18.8 Å². The molecule has 0 bridgehead atoms. The molecule has 0 saturated heterocycles. The molecule has 0 unspecified atom stereocenters. The zero-order valence-electron chi connectivity index (χ0n) is 44.1. The Morgan fingerprint density at radius 1 is 0.463 bits per heavy atom. The lowest BCUT2D eigenvalue weighted by molar-refractivity contribution is -0.147. The van der Waals surface area contributed by atoms with Gasteiger partial charge in [-0.3, -0.25) is 34.1 Å². The van der Waals surface area contributed by atoms with E-state index in [-0.39, 0.29) is 41.9 Å². The predicted octanol–water partition coefficient (Wildman–Crippen LogP) is 4.58. The smallest absolute Gasteiger partial charge is 0.408 e. The molecule has 0 aromatic rings. The van der Waals surface area contributed by atoms with Gasteiger partial charge in [-0.05, 0) is 101 Å². The zero-order valence-corrected chi connectivity index (χ0v) is 44.1. The van der Waals surface area contributed by atoms with Gasteiger partial charge < -0.3 is 46.7 Å². The molecule has 1 rings (SSSR count). The van der Waals surface area contributed by atoms with Gasteiger partial charge in [-0.1, -0.05) is 103 Å². The minimum absolute atomic E-state index is 0.0238. The summed E-state index contributed by atoms with van der Waals surface area (Å²) in [5.74, 6) is -5.51. The predicted molar refractivity (Wildman–Crippen MR) is 259 cm³/mol. The molecule has 0 aromatic carbocycles. The van der Waals surface area contributed by atoms with Crippen LogP contribution in [0.1, 0.15) is 163 Å². The first-order valence-corrected chi connectivity index (χ1v) is 24.5. The molecule has 0 aromatic heterocycles. The van der Waals surface area contributed by atoms with Crippen molar-refractivity contribution in [3.05, 3.63) is 0 Å². The van der Waals surface area contributed by atoms with E-state index in [1.807, 2.05) is 41.5 Å². The van der Waals surface area contributed by atoms with Gasteiger partial charge in [0.15, 0.2) is 0 Å². The van der Waals surface area contributed by atoms with E-state index in [0.717, 1.165) is 19.3 Å². The van der Waals surface area contributed by atoms with Crippen molar-refractivity contribution in [3.8, 4) is 0 Å². The highest BCUT2D eigenvalue weighted by Crippen LogP contribution is 2.28. The highest BCUT2D eigenvalue weighted by atomic mass is 16.6. The second-order valence-corrected chi connectivity index (χ2v) is 22.0. The normalized spacial score (nSPS) is 17.2. The first-order valence-electron chi connectivity index (χ1n) is 24.5. The number of amides is 7. The maximum Gasteiger partial charge on any atom is 0.408 e. The van der Waals surface area contributed by atoms with Crippen molar-refractivity contribution < 1.29 is 47.8 Å². The third-order valence-corrected chi connectivity index (χ3v) is 11.7. The Hall–Kier alpha value is -4.48. The largest absolute Gasteiger partial charge is 0.467 e. The SMILES string of the molecule is COC(=O)[C@@H](NC(=O)[C@@H](NC(=O)[C@H](CC(C)C)NC(=O)[C@H](NC1(NC(=O)[C@@H](NC(=O)[C@@H](NC(=O)[C@H](CC(C)C)NC(=O)OC(C)(C)C)C(C)C)C(C)C)CCCCC1)C(C)C)C(C)C)C(C)C. The third kappa shape index (κ3) is 20.7. The quantitative estimate of drug-likeness (QED) is 0.0465. The zero-order chi connectivity index (χ0) is 51.7. The molecule has 1 saturated carbocycles. The van der Waals surface area contributed by atoms with E-state index in [0.29, 0.717) is 19.3 Å². The lowest BCUT2D eigenvalue weighted by Gasteiger charge is -2.43. The Morgan fingerprint density at radius 3 is 1.19 bits per heavy atom. The molecule has 18 heteroatoms. The Balaban J connectivity index is 3.41. The number of alkyl carbamates (subject to hydrolysis) is 1. The van der Waals surface area contributed by atoms with Crippen molar-refractivity contribution in [2.24, 2.45) is 41.4 Å². The second-order valence-electron chi connectivity index (χ2n) is 22.0. The fourth-order valence-electron chi connectivity index (χ4n) is 7.95. The Labute approximate surface area is 401 Å². The van der Waals surface area contributed by atoms with Crippen LogP contribution in [0.2, 0.25) is 0 Å². The summed E-state index contributed by atoms with van der Waals surface area (Å²) in [6, 6.07) is -6.90. The number of methoxy groups -OCH3 is 1. The van der Waals surface area contributed by atoms with Crippen LogP contribution in [0.25, 0.3) is 0 Å². The molecule has 0 spiro atoms. The minimum Gasteiger partial charge on any atom is -0.467 e. The first kappa shape index (κ1) is 60.5. The number of rotatable bonds is 25. The van der Waals surface area contributed by atoms with Gasteiger partial charge in [0.1, 0.15) is 41.9 Å². The van der Waals surface area contributed by atoms with Crippen LogP contribution in [-0.2, 0) is 43.0 Å². The van der Waals surface area contributed by atoms with E-state index in [2.05, 4.69) is 42.5 Å². The number of carbonyl (C=O) groups is 8. The van der Waals surface area contributed by atoms with Crippen LogP contribution in [0, 0.1) is 41.4 Å². The van der Waals surface area contributed by atoms with Crippen LogP contribution in [0.5, 0.6) is 0 Å². The molecule has 0 heterocycles. The average molecular weight is 951 g/mol. The number of carbonyl (C=O) groups excluding carboxylic acids is 8. The van der Waals surface area contributed by atoms with E-state index < -0.39 is 107 Å². The van der Waals surface area contributed by atoms with Crippen molar-refractivity contribution >= 4 is 47.5 Å². The Morgan fingerprint density at radius 2 is 0.821 bits per heavy atom. The minimum atomic E-state index is -1.05. The number of nitrogens with one attached hydrogen (secondary N) is 8. The van der Waals surface area contributed by atoms with E-state index >= 15 is 0 Å². The van der Waals surface area contributed by atoms with E-state index in [1.165, 1.54) is 7.11 Å². The Bertz CT molecular complexity index is 1650. The van der Waals surface area contributed by atoms with Gasteiger partial charge in [0.2, 0.25) is 35.4 Å². The molecule has 1 fully saturated rings. The van der Waals surface area contributed by atoms with Gasteiger partial charge in [0.25, 0.3) is 0 Å². The summed E-state index contributed by atoms with van der Waals surface area (Å²) in [7, 11) is 1.24. The fraction of sp³-hybridized carbons (Fsp3) is 0.837. The number of hydrogen-bond donors (Lipinski definition) is 8. The van der Waals surface area contributed by atoms with Crippen molar-refractivity contribution in [2.75, 3.05) is 7.11 Å². The summed E-state index contributed by atoms with van der Waals surface area (Å²) in [6.07, 6.45) is 3.19. The third-order valence-electron chi connectivity index (χ3n) is 11.7. The van der Waals surface area contributed by atoms with Gasteiger partial charge in [-0.2, -0.15) is 0 Å². The average Bonchev–Trinajstić information content (AvgIpc) is 3.19. The van der Waals surface area contributed by atoms with Crippen molar-refractivity contribution in [2.45, 2.75) is 216 Å². The molecule has 0 radical (unpaired) electrons. The number of ether oxygens (including phenoxy) is 2. The maximum absolute atomic E-state index is 14.4. The van der Waals surface area contributed by atoms with Gasteiger partial charge in [0, 0.05) is 0 Å². The standard InChI is InChI=1S/C49H90N8O10/c1-26(2)24-33(40(58)52-36(29(7)8)43(61)55-39(32(13)14)46(64)66-18)50-44(62)38(31(11)12)56-49(22-20-19-21-23-49)57-45(63)37(30(9)10)54-42(60)35(28(5)6)53-41(59)34(25-27(3)4)51-47(65)67-48(15,16)17/h26-39,56H,19-25H2,1-18H3,(H,50,62)(H,51,65)(H,52,58)(H,53,59)(H,54,60)(H,55,61)(H,57,63)/t33-,34-,35-,36-,37-,38+,39-/m0/s1. The highest BCUT2D eigenvalue weighted by Gasteiger charge is 2.42. The van der Waals surface area contributed by atoms with E-state index in [4.69, 9.17) is 9.47 Å². The summed E-state index contributed by atoms with van der Waals surface area (Å²) < 4.78 is 10.3. The van der Waals surface area contributed by atoms with Crippen LogP contribution < -0.4 is 42.5 Å². The van der Waals surface area contributed by atoms with Gasteiger partial charge in [-0.15, -0.1) is 0 Å². The van der Waals surface area contributed by atoms with Gasteiger partial charge >= 0.3 is 12.1 Å². The molecule has 8 N–H and O–H groups in total. The first-order chi connectivity index (χ1) is 30.8. The number of hydrogen-bond acceptors (Lipinski definition) is 11. The van der Waals surface area contributed by atoms with Crippen LogP contribution >= 0.6 is 0 Å². The van der Waals surface area contributed by atoms with Crippen LogP contribution in [-0.4, -0.2) is 108 Å².